The number of unbranched alkanes of at least 4 members (excludes halogenated alkanes) is 30. The summed E-state index contributed by atoms with van der Waals surface area (Å²) in [6.07, 6.45) is 85.3. The van der Waals surface area contributed by atoms with Gasteiger partial charge in [0.05, 0.1) is 6.61 Å². The SMILES string of the molecule is CC/C=C\C/C=C\C/C=C\C/C=C\C/C=C\C/C=C\C/C=C\CCCCCCCCCCCCCCCCCC(=O)OC(CO)COC(=O)CCCCCCCCCCC/C=C\CCCCCCCC. The van der Waals surface area contributed by atoms with Gasteiger partial charge >= 0.3 is 11.9 Å². The fourth-order valence-corrected chi connectivity index (χ4v) is 8.41. The lowest BCUT2D eigenvalue weighted by Gasteiger charge is -2.15. The van der Waals surface area contributed by atoms with Crippen LogP contribution in [0, 0.1) is 0 Å². The number of aliphatic hydroxyl groups excluding tert-OH is 1. The van der Waals surface area contributed by atoms with Crippen molar-refractivity contribution in [3.8, 4) is 0 Å². The van der Waals surface area contributed by atoms with Gasteiger partial charge in [-0.2, -0.15) is 0 Å². The van der Waals surface area contributed by atoms with Gasteiger partial charge in [-0.1, -0.05) is 272 Å². The molecule has 0 saturated heterocycles. The van der Waals surface area contributed by atoms with Crippen LogP contribution in [-0.4, -0.2) is 36.4 Å². The Bertz CT molecular complexity index is 1330. The molecule has 0 aliphatic rings. The highest BCUT2D eigenvalue weighted by Gasteiger charge is 2.16. The number of hydrogen-bond acceptors (Lipinski definition) is 5. The number of carbonyl (C=O) groups excluding carboxylic acids is 2. The van der Waals surface area contributed by atoms with Crippen LogP contribution in [0.2, 0.25) is 0 Å². The van der Waals surface area contributed by atoms with Crippen LogP contribution in [0.15, 0.2) is 97.2 Å². The molecule has 5 heteroatoms. The lowest BCUT2D eigenvalue weighted by molar-refractivity contribution is -0.161. The van der Waals surface area contributed by atoms with E-state index in [-0.39, 0.29) is 25.2 Å². The minimum Gasteiger partial charge on any atom is -0.462 e. The number of hydrogen-bond donors (Lipinski definition) is 1. The zero-order valence-corrected chi connectivity index (χ0v) is 46.0. The third-order valence-electron chi connectivity index (χ3n) is 12.9. The molecule has 5 nitrogen and oxygen atoms in total. The molecule has 1 N–H and O–H groups in total. The third-order valence-corrected chi connectivity index (χ3v) is 12.9. The molecule has 0 aliphatic carbocycles. The van der Waals surface area contributed by atoms with Crippen molar-refractivity contribution in [3.05, 3.63) is 97.2 Å². The molecule has 1 unspecified atom stereocenters. The Morgan fingerprint density at radius 1 is 0.343 bits per heavy atom. The van der Waals surface area contributed by atoms with Crippen LogP contribution < -0.4 is 0 Å². The fourth-order valence-electron chi connectivity index (χ4n) is 8.41. The molecular formula is C65H112O5. The van der Waals surface area contributed by atoms with Crippen molar-refractivity contribution in [2.75, 3.05) is 13.2 Å². The Balaban J connectivity index is 3.49. The largest absolute Gasteiger partial charge is 0.462 e. The Labute approximate surface area is 434 Å². The van der Waals surface area contributed by atoms with Gasteiger partial charge in [-0.25, -0.2) is 0 Å². The highest BCUT2D eigenvalue weighted by atomic mass is 16.6. The maximum atomic E-state index is 12.3. The second-order valence-electron chi connectivity index (χ2n) is 19.7. The standard InChI is InChI=1S/C65H112O5/c1-3-5-7-9-11-13-15-17-19-21-23-24-25-26-27-28-29-30-31-32-33-34-35-36-37-38-39-40-42-44-46-48-50-52-54-56-58-60-65(68)70-63(61-66)62-69-64(67)59-57-55-53-51-49-47-45-43-41-22-20-18-16-14-12-10-8-6-4-2/h5,7,11,13,17-20,23-24,26-27,29-30,32-33,63,66H,3-4,6,8-10,12,14-16,21-22,25,28,31,34-62H2,1-2H3/b7-5-,13-11-,19-17-,20-18-,24-23-,27-26-,30-29-,33-32-. The number of aliphatic hydroxyl groups is 1. The predicted molar refractivity (Wildman–Crippen MR) is 306 cm³/mol. The molecule has 0 aromatic rings. The predicted octanol–water partition coefficient (Wildman–Crippen LogP) is 20.3. The van der Waals surface area contributed by atoms with E-state index in [2.05, 4.69) is 111 Å². The minimum atomic E-state index is -0.777. The van der Waals surface area contributed by atoms with Crippen LogP contribution >= 0.6 is 0 Å². The van der Waals surface area contributed by atoms with E-state index in [9.17, 15) is 14.7 Å². The van der Waals surface area contributed by atoms with E-state index in [0.717, 1.165) is 83.5 Å². The van der Waals surface area contributed by atoms with Crippen molar-refractivity contribution in [1.82, 2.24) is 0 Å². The Morgan fingerprint density at radius 2 is 0.614 bits per heavy atom. The summed E-state index contributed by atoms with van der Waals surface area (Å²) in [5, 5.41) is 9.66. The highest BCUT2D eigenvalue weighted by Crippen LogP contribution is 2.16. The summed E-state index contributed by atoms with van der Waals surface area (Å²) in [5.41, 5.74) is 0. The lowest BCUT2D eigenvalue weighted by Crippen LogP contribution is -2.28. The Morgan fingerprint density at radius 3 is 0.943 bits per heavy atom. The number of esters is 2. The monoisotopic (exact) mass is 973 g/mol. The molecule has 1 atom stereocenters. The van der Waals surface area contributed by atoms with Gasteiger partial charge in [0, 0.05) is 12.8 Å². The first-order valence-corrected chi connectivity index (χ1v) is 29.8. The molecule has 0 rings (SSSR count). The molecule has 0 fully saturated rings. The maximum Gasteiger partial charge on any atom is 0.306 e. The Kier molecular flexibility index (Phi) is 57.4. The van der Waals surface area contributed by atoms with Crippen molar-refractivity contribution >= 4 is 11.9 Å². The molecule has 0 aromatic carbocycles. The first kappa shape index (κ1) is 66.8. The van der Waals surface area contributed by atoms with Crippen LogP contribution in [0.5, 0.6) is 0 Å². The van der Waals surface area contributed by atoms with Crippen molar-refractivity contribution in [2.24, 2.45) is 0 Å². The second-order valence-corrected chi connectivity index (χ2v) is 19.7. The zero-order valence-electron chi connectivity index (χ0n) is 46.0. The van der Waals surface area contributed by atoms with Crippen LogP contribution in [0.25, 0.3) is 0 Å². The third kappa shape index (κ3) is 57.4. The normalized spacial score (nSPS) is 12.9. The number of carbonyl (C=O) groups is 2. The summed E-state index contributed by atoms with van der Waals surface area (Å²) in [5.74, 6) is -0.587. The summed E-state index contributed by atoms with van der Waals surface area (Å²) in [7, 11) is 0. The summed E-state index contributed by atoms with van der Waals surface area (Å²) >= 11 is 0. The van der Waals surface area contributed by atoms with Crippen LogP contribution in [0.1, 0.15) is 284 Å². The number of ether oxygens (including phenoxy) is 2. The van der Waals surface area contributed by atoms with E-state index in [1.807, 2.05) is 0 Å². The van der Waals surface area contributed by atoms with E-state index < -0.39 is 6.10 Å². The molecule has 70 heavy (non-hydrogen) atoms. The minimum absolute atomic E-state index is 0.0677. The summed E-state index contributed by atoms with van der Waals surface area (Å²) in [6.45, 7) is 4.04. The van der Waals surface area contributed by atoms with Crippen LogP contribution in [0.3, 0.4) is 0 Å². The van der Waals surface area contributed by atoms with Gasteiger partial charge in [0.25, 0.3) is 0 Å². The van der Waals surface area contributed by atoms with E-state index in [4.69, 9.17) is 9.47 Å². The van der Waals surface area contributed by atoms with Crippen LogP contribution in [0.4, 0.5) is 0 Å². The smallest absolute Gasteiger partial charge is 0.306 e. The summed E-state index contributed by atoms with van der Waals surface area (Å²) in [6, 6.07) is 0. The van der Waals surface area contributed by atoms with Gasteiger partial charge in [-0.05, 0) is 96.3 Å². The number of rotatable bonds is 54. The molecule has 0 amide bonds. The van der Waals surface area contributed by atoms with Gasteiger partial charge in [-0.15, -0.1) is 0 Å². The molecule has 0 heterocycles. The second kappa shape index (κ2) is 60.1. The summed E-state index contributed by atoms with van der Waals surface area (Å²) in [4.78, 5) is 24.5. The van der Waals surface area contributed by atoms with Gasteiger partial charge in [0.2, 0.25) is 0 Å². The average molecular weight is 974 g/mol. The zero-order chi connectivity index (χ0) is 50.6. The van der Waals surface area contributed by atoms with Gasteiger partial charge < -0.3 is 14.6 Å². The number of allylic oxidation sites excluding steroid dienone is 16. The van der Waals surface area contributed by atoms with Crippen molar-refractivity contribution < 1.29 is 24.2 Å². The van der Waals surface area contributed by atoms with Gasteiger partial charge in [0.15, 0.2) is 6.10 Å². The Hall–Kier alpha value is -3.18. The summed E-state index contributed by atoms with van der Waals surface area (Å²) < 4.78 is 10.7. The quantitative estimate of drug-likeness (QED) is 0.0373. The van der Waals surface area contributed by atoms with Crippen molar-refractivity contribution in [2.45, 2.75) is 290 Å². The maximum absolute atomic E-state index is 12.3. The van der Waals surface area contributed by atoms with Crippen molar-refractivity contribution in [3.63, 3.8) is 0 Å². The van der Waals surface area contributed by atoms with Crippen LogP contribution in [-0.2, 0) is 19.1 Å². The van der Waals surface area contributed by atoms with Crippen molar-refractivity contribution in [1.29, 1.82) is 0 Å². The van der Waals surface area contributed by atoms with E-state index in [1.54, 1.807) is 0 Å². The molecule has 0 bridgehead atoms. The highest BCUT2D eigenvalue weighted by molar-refractivity contribution is 5.70. The molecular weight excluding hydrogens is 861 g/mol. The molecule has 0 saturated carbocycles. The van der Waals surface area contributed by atoms with Gasteiger partial charge in [0.1, 0.15) is 6.61 Å². The topological polar surface area (TPSA) is 72.8 Å². The van der Waals surface area contributed by atoms with E-state index in [1.165, 1.54) is 173 Å². The first-order valence-electron chi connectivity index (χ1n) is 29.8. The van der Waals surface area contributed by atoms with Gasteiger partial charge in [-0.3, -0.25) is 9.59 Å². The molecule has 0 radical (unpaired) electrons. The molecule has 0 aliphatic heterocycles. The average Bonchev–Trinajstić information content (AvgIpc) is 3.36. The molecule has 0 spiro atoms. The lowest BCUT2D eigenvalue weighted by atomic mass is 10.0. The molecule has 402 valence electrons. The fraction of sp³-hybridized carbons (Fsp3) is 0.723. The first-order chi connectivity index (χ1) is 34.6. The van der Waals surface area contributed by atoms with E-state index in [0.29, 0.717) is 12.8 Å². The van der Waals surface area contributed by atoms with E-state index >= 15 is 0 Å². The molecule has 0 aromatic heterocycles.